The Hall–Kier alpha value is 0.378. The van der Waals surface area contributed by atoms with Crippen molar-refractivity contribution < 1.29 is 21.6 Å². The van der Waals surface area contributed by atoms with E-state index in [1.165, 1.54) is 0 Å². The molecule has 0 rings (SSSR count). The quantitative estimate of drug-likeness (QED) is 0.535. The maximum Gasteiger partial charge on any atom is 0.478 e. The molecule has 0 aromatic heterocycles. The van der Waals surface area contributed by atoms with Crippen LogP contribution in [0.1, 0.15) is 13.3 Å². The van der Waals surface area contributed by atoms with E-state index < -0.39 is 34.0 Å². The lowest BCUT2D eigenvalue weighted by atomic mass is 10.3. The van der Waals surface area contributed by atoms with Gasteiger partial charge in [0, 0.05) is 13.0 Å². The lowest BCUT2D eigenvalue weighted by Crippen LogP contribution is -2.58. The molecule has 0 spiro atoms. The predicted molar refractivity (Wildman–Crippen MR) is 100 cm³/mol. The van der Waals surface area contributed by atoms with Gasteiger partial charge < -0.3 is 16.8 Å². The second-order valence-corrected chi connectivity index (χ2v) is 23.7. The van der Waals surface area contributed by atoms with Crippen LogP contribution in [-0.4, -0.2) is 46.4 Å². The standard InChI is InChI=1S/C13H34O5Si4/c1-11-13(14)12-15-22(10,17-20(5,6)7)18-21(8,9)16-19(2,3)4/h11-12H2,1-10H3. The highest BCUT2D eigenvalue weighted by Gasteiger charge is 2.47. The predicted octanol–water partition coefficient (Wildman–Crippen LogP) is 3.97. The average Bonchev–Trinajstić information content (AvgIpc) is 2.18. The molecule has 0 heterocycles. The van der Waals surface area contributed by atoms with Crippen molar-refractivity contribution in [3.63, 3.8) is 0 Å². The Labute approximate surface area is 140 Å². The molecule has 0 fully saturated rings. The first-order valence-electron chi connectivity index (χ1n) is 7.84. The van der Waals surface area contributed by atoms with E-state index in [2.05, 4.69) is 39.3 Å². The number of Topliss-reactive ketones (excluding diaryl/α,β-unsaturated/α-hetero) is 1. The Morgan fingerprint density at radius 3 is 1.59 bits per heavy atom. The van der Waals surface area contributed by atoms with Gasteiger partial charge in [0.05, 0.1) is 6.61 Å². The third-order valence-corrected chi connectivity index (χ3v) is 14.8. The molecular formula is C13H34O5Si4. The molecule has 9 heteroatoms. The summed E-state index contributed by atoms with van der Waals surface area (Å²) in [5.74, 6) is 0.0621. The summed E-state index contributed by atoms with van der Waals surface area (Å²) in [5, 5.41) is 0. The van der Waals surface area contributed by atoms with Crippen LogP contribution in [0.5, 0.6) is 0 Å². The van der Waals surface area contributed by atoms with E-state index in [1.807, 2.05) is 26.6 Å². The largest absolute Gasteiger partial charge is 0.478 e. The van der Waals surface area contributed by atoms with Gasteiger partial charge in [-0.15, -0.1) is 0 Å². The molecule has 0 aromatic carbocycles. The van der Waals surface area contributed by atoms with Gasteiger partial charge in [0.1, 0.15) is 0 Å². The van der Waals surface area contributed by atoms with Crippen LogP contribution < -0.4 is 0 Å². The van der Waals surface area contributed by atoms with Gasteiger partial charge in [-0.2, -0.15) is 0 Å². The lowest BCUT2D eigenvalue weighted by Gasteiger charge is -2.39. The van der Waals surface area contributed by atoms with Gasteiger partial charge in [0.2, 0.25) is 0 Å². The minimum atomic E-state index is -2.90. The zero-order valence-electron chi connectivity index (χ0n) is 16.0. The number of carbonyl (C=O) groups is 1. The van der Waals surface area contributed by atoms with Crippen molar-refractivity contribution in [1.82, 2.24) is 0 Å². The van der Waals surface area contributed by atoms with Crippen LogP contribution in [0.3, 0.4) is 0 Å². The molecule has 1 unspecified atom stereocenters. The monoisotopic (exact) mass is 382 g/mol. The fourth-order valence-corrected chi connectivity index (χ4v) is 18.1. The number of hydrogen-bond acceptors (Lipinski definition) is 5. The second-order valence-electron chi connectivity index (χ2n) is 7.97. The summed E-state index contributed by atoms with van der Waals surface area (Å²) in [7, 11) is -8.84. The third-order valence-electron chi connectivity index (χ3n) is 2.36. The fourth-order valence-electron chi connectivity index (χ4n) is 2.15. The van der Waals surface area contributed by atoms with E-state index >= 15 is 0 Å². The zero-order valence-corrected chi connectivity index (χ0v) is 20.0. The lowest BCUT2D eigenvalue weighted by molar-refractivity contribution is -0.121. The summed E-state index contributed by atoms with van der Waals surface area (Å²) < 4.78 is 24.6. The maximum absolute atomic E-state index is 11.6. The molecular weight excluding hydrogens is 348 g/mol. The molecule has 0 aromatic rings. The Morgan fingerprint density at radius 2 is 1.23 bits per heavy atom. The van der Waals surface area contributed by atoms with E-state index in [0.717, 1.165) is 0 Å². The summed E-state index contributed by atoms with van der Waals surface area (Å²) in [6.07, 6.45) is 0.462. The molecule has 0 aliphatic heterocycles. The van der Waals surface area contributed by atoms with Crippen molar-refractivity contribution in [1.29, 1.82) is 0 Å². The van der Waals surface area contributed by atoms with Crippen LogP contribution in [0.4, 0.5) is 0 Å². The van der Waals surface area contributed by atoms with Gasteiger partial charge in [0.15, 0.2) is 22.4 Å². The molecule has 132 valence electrons. The van der Waals surface area contributed by atoms with Gasteiger partial charge in [-0.3, -0.25) is 4.79 Å². The van der Waals surface area contributed by atoms with Crippen LogP contribution in [0.2, 0.25) is 58.9 Å². The first-order valence-corrected chi connectivity index (χ1v) is 19.7. The summed E-state index contributed by atoms with van der Waals surface area (Å²) in [4.78, 5) is 11.6. The summed E-state index contributed by atoms with van der Waals surface area (Å²) in [6, 6.07) is 0. The van der Waals surface area contributed by atoms with Crippen LogP contribution in [0.15, 0.2) is 0 Å². The normalized spacial score (nSPS) is 16.5. The molecule has 0 bridgehead atoms. The van der Waals surface area contributed by atoms with Crippen molar-refractivity contribution in [2.24, 2.45) is 0 Å². The fraction of sp³-hybridized carbons (Fsp3) is 0.923. The highest BCUT2D eigenvalue weighted by Crippen LogP contribution is 2.24. The topological polar surface area (TPSA) is 54.0 Å². The smallest absolute Gasteiger partial charge is 0.437 e. The molecule has 22 heavy (non-hydrogen) atoms. The van der Waals surface area contributed by atoms with Crippen molar-refractivity contribution >= 4 is 39.8 Å². The van der Waals surface area contributed by atoms with Crippen LogP contribution in [0.25, 0.3) is 0 Å². The van der Waals surface area contributed by atoms with Crippen molar-refractivity contribution in [3.8, 4) is 0 Å². The molecule has 5 nitrogen and oxygen atoms in total. The van der Waals surface area contributed by atoms with E-state index in [-0.39, 0.29) is 12.4 Å². The molecule has 0 saturated carbocycles. The van der Waals surface area contributed by atoms with Crippen molar-refractivity contribution in [2.45, 2.75) is 72.3 Å². The van der Waals surface area contributed by atoms with Crippen molar-refractivity contribution in [2.75, 3.05) is 6.61 Å². The van der Waals surface area contributed by atoms with E-state index in [1.54, 1.807) is 0 Å². The first-order chi connectivity index (χ1) is 9.58. The summed E-state index contributed by atoms with van der Waals surface area (Å²) >= 11 is 0. The van der Waals surface area contributed by atoms with E-state index in [9.17, 15) is 4.79 Å². The minimum absolute atomic E-state index is 0.0567. The summed E-state index contributed by atoms with van der Waals surface area (Å²) in [5.41, 5.74) is 0. The molecule has 1 atom stereocenters. The number of rotatable bonds is 10. The van der Waals surface area contributed by atoms with Crippen LogP contribution in [0, 0.1) is 0 Å². The maximum atomic E-state index is 11.6. The first kappa shape index (κ1) is 22.4. The van der Waals surface area contributed by atoms with Crippen LogP contribution in [-0.2, 0) is 21.6 Å². The Bertz CT molecular complexity index is 376. The number of carbonyl (C=O) groups excluding carboxylic acids is 1. The van der Waals surface area contributed by atoms with Crippen LogP contribution >= 0.6 is 0 Å². The highest BCUT2D eigenvalue weighted by molar-refractivity contribution is 6.87. The number of hydrogen-bond donors (Lipinski definition) is 0. The average molecular weight is 383 g/mol. The SMILES string of the molecule is CCC(=O)CO[Si](C)(O[Si](C)(C)C)O[Si](C)(C)O[Si](C)(C)C. The molecule has 0 aliphatic rings. The van der Waals surface area contributed by atoms with Gasteiger partial charge in [-0.25, -0.2) is 0 Å². The van der Waals surface area contributed by atoms with Gasteiger partial charge >= 0.3 is 17.4 Å². The van der Waals surface area contributed by atoms with E-state index in [4.69, 9.17) is 16.8 Å². The second kappa shape index (κ2) is 7.97. The summed E-state index contributed by atoms with van der Waals surface area (Å²) in [6.45, 7) is 20.5. The molecule has 0 saturated heterocycles. The van der Waals surface area contributed by atoms with E-state index in [0.29, 0.717) is 6.42 Å². The molecule has 0 radical (unpaired) electrons. The van der Waals surface area contributed by atoms with Gasteiger partial charge in [-0.1, -0.05) is 6.92 Å². The number of ketones is 1. The minimum Gasteiger partial charge on any atom is -0.437 e. The van der Waals surface area contributed by atoms with Gasteiger partial charge in [-0.05, 0) is 52.4 Å². The Balaban J connectivity index is 5.10. The highest BCUT2D eigenvalue weighted by atomic mass is 28.5. The Kier molecular flexibility index (Phi) is 8.10. The van der Waals surface area contributed by atoms with Gasteiger partial charge in [0.25, 0.3) is 0 Å². The molecule has 0 aliphatic carbocycles. The molecule has 0 amide bonds. The zero-order chi connectivity index (χ0) is 17.8. The molecule has 0 N–H and O–H groups in total. The van der Waals surface area contributed by atoms with Crippen molar-refractivity contribution in [3.05, 3.63) is 0 Å². The third kappa shape index (κ3) is 11.0. The Morgan fingerprint density at radius 1 is 0.773 bits per heavy atom.